The quantitative estimate of drug-likeness (QED) is 0.161. The number of hydrogen-bond acceptors (Lipinski definition) is 0. The van der Waals surface area contributed by atoms with Crippen molar-refractivity contribution in [2.45, 2.75) is 19.3 Å². The Bertz CT molecular complexity index is 2720. The molecule has 0 fully saturated rings. The van der Waals surface area contributed by atoms with E-state index in [9.17, 15) is 0 Å². The lowest BCUT2D eigenvalue weighted by Crippen LogP contribution is -2.14. The number of halogens is 1. The Hall–Kier alpha value is -5.50. The van der Waals surface area contributed by atoms with Gasteiger partial charge >= 0.3 is 0 Å². The summed E-state index contributed by atoms with van der Waals surface area (Å²) >= 11 is 3.93. The van der Waals surface area contributed by atoms with Gasteiger partial charge in [-0.15, -0.1) is 0 Å². The van der Waals surface area contributed by atoms with E-state index < -0.39 is 0 Å². The highest BCUT2D eigenvalue weighted by molar-refractivity contribution is 9.10. The molecule has 9 aromatic carbocycles. The van der Waals surface area contributed by atoms with Crippen molar-refractivity contribution >= 4 is 59.0 Å². The molecule has 0 saturated carbocycles. The number of fused-ring (bicyclic) bond motifs is 7. The van der Waals surface area contributed by atoms with Crippen molar-refractivity contribution in [1.82, 2.24) is 0 Å². The van der Waals surface area contributed by atoms with Crippen LogP contribution in [-0.4, -0.2) is 0 Å². The lowest BCUT2D eigenvalue weighted by atomic mass is 9.80. The molecular weight excluding hydrogens is 668 g/mol. The maximum atomic E-state index is 3.93. The van der Waals surface area contributed by atoms with Crippen LogP contribution in [0.2, 0.25) is 0 Å². The van der Waals surface area contributed by atoms with E-state index >= 15 is 0 Å². The summed E-state index contributed by atoms with van der Waals surface area (Å²) in [5.74, 6) is 0. The second-order valence-corrected chi connectivity index (χ2v) is 14.9. The fourth-order valence-corrected chi connectivity index (χ4v) is 9.49. The van der Waals surface area contributed by atoms with Crippen LogP contribution in [0.1, 0.15) is 25.0 Å². The Kier molecular flexibility index (Phi) is 6.47. The van der Waals surface area contributed by atoms with E-state index in [4.69, 9.17) is 0 Å². The molecule has 0 radical (unpaired) electrons. The molecule has 1 aliphatic carbocycles. The van der Waals surface area contributed by atoms with E-state index in [2.05, 4.69) is 194 Å². The van der Waals surface area contributed by atoms with Gasteiger partial charge in [0.15, 0.2) is 0 Å². The third-order valence-corrected chi connectivity index (χ3v) is 12.0. The Labute approximate surface area is 300 Å². The first kappa shape index (κ1) is 29.4. The Balaban J connectivity index is 1.18. The topological polar surface area (TPSA) is 0 Å². The summed E-state index contributed by atoms with van der Waals surface area (Å²) in [4.78, 5) is 0. The SMILES string of the molecule is CC1(C)c2ccccc2-c2ccc(-c3c4ccccc4c(-c4ccc(-c5c6ccccc6c(Br)c6ccccc56)cc4)c4ccccc34)cc21. The number of benzene rings is 9. The van der Waals surface area contributed by atoms with Gasteiger partial charge in [0.1, 0.15) is 0 Å². The molecule has 0 N–H and O–H groups in total. The second-order valence-electron chi connectivity index (χ2n) is 14.1. The average molecular weight is 702 g/mol. The maximum absolute atomic E-state index is 3.93. The van der Waals surface area contributed by atoms with Crippen LogP contribution in [0.3, 0.4) is 0 Å². The minimum atomic E-state index is -0.0548. The van der Waals surface area contributed by atoms with Gasteiger partial charge in [-0.3, -0.25) is 0 Å². The third kappa shape index (κ3) is 4.17. The summed E-state index contributed by atoms with van der Waals surface area (Å²) in [6, 6.07) is 60.7. The van der Waals surface area contributed by atoms with Gasteiger partial charge in [0, 0.05) is 9.89 Å². The summed E-state index contributed by atoms with van der Waals surface area (Å²) in [7, 11) is 0. The van der Waals surface area contributed by atoms with Gasteiger partial charge in [-0.1, -0.05) is 172 Å². The first-order valence-electron chi connectivity index (χ1n) is 17.4. The number of hydrogen-bond donors (Lipinski definition) is 0. The molecule has 9 aromatic rings. The minimum absolute atomic E-state index is 0.0548. The van der Waals surface area contributed by atoms with Crippen molar-refractivity contribution in [3.63, 3.8) is 0 Å². The van der Waals surface area contributed by atoms with Gasteiger partial charge in [0.2, 0.25) is 0 Å². The van der Waals surface area contributed by atoms with Gasteiger partial charge in [0.05, 0.1) is 0 Å². The lowest BCUT2D eigenvalue weighted by molar-refractivity contribution is 0.660. The Morgan fingerprint density at radius 3 is 1.16 bits per heavy atom. The largest absolute Gasteiger partial charge is 0.0619 e. The van der Waals surface area contributed by atoms with E-state index in [1.54, 1.807) is 0 Å². The van der Waals surface area contributed by atoms with E-state index in [-0.39, 0.29) is 5.41 Å². The molecule has 0 aromatic heterocycles. The smallest absolute Gasteiger partial charge is 0.0332 e. The fraction of sp³-hybridized carbons (Fsp3) is 0.0612. The molecule has 50 heavy (non-hydrogen) atoms. The molecule has 1 aliphatic rings. The van der Waals surface area contributed by atoms with Crippen molar-refractivity contribution in [1.29, 1.82) is 0 Å². The Morgan fingerprint density at radius 2 is 0.680 bits per heavy atom. The summed E-state index contributed by atoms with van der Waals surface area (Å²) < 4.78 is 1.15. The molecule has 0 heterocycles. The zero-order chi connectivity index (χ0) is 33.6. The van der Waals surface area contributed by atoms with Crippen LogP contribution in [0, 0.1) is 0 Å². The molecule has 0 nitrogen and oxygen atoms in total. The predicted octanol–water partition coefficient (Wildman–Crippen LogP) is 14.4. The molecule has 0 amide bonds. The molecule has 10 rings (SSSR count). The van der Waals surface area contributed by atoms with Crippen LogP contribution >= 0.6 is 15.9 Å². The minimum Gasteiger partial charge on any atom is -0.0619 e. The second kappa shape index (κ2) is 11.0. The highest BCUT2D eigenvalue weighted by Gasteiger charge is 2.35. The van der Waals surface area contributed by atoms with E-state index in [1.165, 1.54) is 98.7 Å². The standard InChI is InChI=1S/C49H33Br/c1-49(2)43-22-12-11-13-33(43)34-28-27-32(29-44(34)49)47-37-16-5-3-14-35(37)45(36-15-4-6-17-38(36)47)30-23-25-31(26-24-30)46-39-18-7-9-20-41(39)48(50)42-21-10-8-19-40(42)46/h3-29H,1-2H3. The van der Waals surface area contributed by atoms with E-state index in [1.807, 2.05) is 0 Å². The summed E-state index contributed by atoms with van der Waals surface area (Å²) in [6.07, 6.45) is 0. The predicted molar refractivity (Wildman–Crippen MR) is 218 cm³/mol. The van der Waals surface area contributed by atoms with Crippen LogP contribution < -0.4 is 0 Å². The highest BCUT2D eigenvalue weighted by Crippen LogP contribution is 2.51. The van der Waals surface area contributed by atoms with Crippen LogP contribution in [-0.2, 0) is 5.41 Å². The first-order valence-corrected chi connectivity index (χ1v) is 18.2. The molecule has 0 atom stereocenters. The van der Waals surface area contributed by atoms with Gasteiger partial charge < -0.3 is 0 Å². The average Bonchev–Trinajstić information content (AvgIpc) is 3.39. The summed E-state index contributed by atoms with van der Waals surface area (Å²) in [5.41, 5.74) is 13.0. The molecular formula is C49H33Br. The van der Waals surface area contributed by atoms with Crippen LogP contribution in [0.25, 0.3) is 87.6 Å². The van der Waals surface area contributed by atoms with E-state index in [0.717, 1.165) is 4.47 Å². The van der Waals surface area contributed by atoms with Crippen molar-refractivity contribution in [3.05, 3.63) is 179 Å². The molecule has 0 saturated heterocycles. The van der Waals surface area contributed by atoms with Crippen molar-refractivity contribution in [2.75, 3.05) is 0 Å². The molecule has 0 aliphatic heterocycles. The van der Waals surface area contributed by atoms with Gasteiger partial charge in [-0.2, -0.15) is 0 Å². The lowest BCUT2D eigenvalue weighted by Gasteiger charge is -2.23. The Morgan fingerprint density at radius 1 is 0.340 bits per heavy atom. The monoisotopic (exact) mass is 700 g/mol. The van der Waals surface area contributed by atoms with Crippen molar-refractivity contribution < 1.29 is 0 Å². The van der Waals surface area contributed by atoms with Crippen LogP contribution in [0.15, 0.2) is 168 Å². The maximum Gasteiger partial charge on any atom is 0.0332 e. The third-order valence-electron chi connectivity index (χ3n) is 11.1. The first-order chi connectivity index (χ1) is 24.5. The normalized spacial score (nSPS) is 13.3. The van der Waals surface area contributed by atoms with Crippen molar-refractivity contribution in [2.24, 2.45) is 0 Å². The van der Waals surface area contributed by atoms with Gasteiger partial charge in [-0.05, 0) is 121 Å². The summed E-state index contributed by atoms with van der Waals surface area (Å²) in [6.45, 7) is 4.73. The van der Waals surface area contributed by atoms with Gasteiger partial charge in [0.25, 0.3) is 0 Å². The summed E-state index contributed by atoms with van der Waals surface area (Å²) in [5, 5.41) is 10.1. The van der Waals surface area contributed by atoms with Crippen LogP contribution in [0.4, 0.5) is 0 Å². The highest BCUT2D eigenvalue weighted by atomic mass is 79.9. The fourth-order valence-electron chi connectivity index (χ4n) is 8.80. The van der Waals surface area contributed by atoms with E-state index in [0.29, 0.717) is 0 Å². The molecule has 236 valence electrons. The zero-order valence-corrected chi connectivity index (χ0v) is 29.6. The molecule has 1 heteroatoms. The molecule has 0 unspecified atom stereocenters. The number of rotatable bonds is 3. The molecule has 0 bridgehead atoms. The molecule has 0 spiro atoms. The zero-order valence-electron chi connectivity index (χ0n) is 28.0. The van der Waals surface area contributed by atoms with Gasteiger partial charge in [-0.25, -0.2) is 0 Å². The van der Waals surface area contributed by atoms with Crippen LogP contribution in [0.5, 0.6) is 0 Å². The van der Waals surface area contributed by atoms with Crippen molar-refractivity contribution in [3.8, 4) is 44.5 Å².